The van der Waals surface area contributed by atoms with Crippen LogP contribution in [-0.2, 0) is 10.9 Å². The molecule has 0 radical (unpaired) electrons. The van der Waals surface area contributed by atoms with E-state index in [9.17, 15) is 18.0 Å². The first-order valence-corrected chi connectivity index (χ1v) is 8.72. The van der Waals surface area contributed by atoms with Crippen LogP contribution in [0.2, 0.25) is 0 Å². The topological polar surface area (TPSA) is 51.7 Å². The summed E-state index contributed by atoms with van der Waals surface area (Å²) in [5.74, 6) is 0.437. The number of rotatable bonds is 2. The van der Waals surface area contributed by atoms with Gasteiger partial charge in [-0.15, -0.1) is 0 Å². The zero-order valence-corrected chi connectivity index (χ0v) is 15.0. The number of fused-ring (bicyclic) bond motifs is 3. The molecule has 3 heterocycles. The van der Waals surface area contributed by atoms with Gasteiger partial charge in [0.15, 0.2) is 0 Å². The smallest absolute Gasteiger partial charge is 0.417 e. The second-order valence-corrected chi connectivity index (χ2v) is 7.92. The lowest BCUT2D eigenvalue weighted by atomic mass is 9.78. The summed E-state index contributed by atoms with van der Waals surface area (Å²) >= 11 is 0. The molecule has 2 unspecified atom stereocenters. The van der Waals surface area contributed by atoms with Crippen LogP contribution in [0.1, 0.15) is 45.6 Å². The molecular weight excluding hydrogens is 349 g/mol. The Bertz CT molecular complexity index is 655. The lowest BCUT2D eigenvalue weighted by molar-refractivity contribution is -0.137. The molecule has 0 spiro atoms. The number of hydrogen-bond donors (Lipinski definition) is 0. The van der Waals surface area contributed by atoms with Crippen molar-refractivity contribution >= 4 is 6.09 Å². The number of aromatic nitrogens is 1. The van der Waals surface area contributed by atoms with E-state index in [1.165, 1.54) is 6.07 Å². The van der Waals surface area contributed by atoms with E-state index in [0.717, 1.165) is 31.5 Å². The van der Waals surface area contributed by atoms with Gasteiger partial charge in [-0.25, -0.2) is 9.78 Å². The number of halogens is 3. The third kappa shape index (κ3) is 4.22. The predicted molar refractivity (Wildman–Crippen MR) is 87.7 cm³/mol. The molecule has 2 aliphatic heterocycles. The fraction of sp³-hybridized carbons (Fsp3) is 0.667. The summed E-state index contributed by atoms with van der Waals surface area (Å²) in [5, 5.41) is 0. The fourth-order valence-corrected chi connectivity index (χ4v) is 3.56. The van der Waals surface area contributed by atoms with Crippen LogP contribution in [0.15, 0.2) is 18.3 Å². The molecule has 0 N–H and O–H groups in total. The van der Waals surface area contributed by atoms with Gasteiger partial charge in [0, 0.05) is 18.8 Å². The van der Waals surface area contributed by atoms with Crippen molar-refractivity contribution in [2.45, 2.75) is 64.0 Å². The van der Waals surface area contributed by atoms with Crippen molar-refractivity contribution in [2.24, 2.45) is 5.92 Å². The summed E-state index contributed by atoms with van der Waals surface area (Å²) < 4.78 is 49.2. The summed E-state index contributed by atoms with van der Waals surface area (Å²) in [6.07, 6.45) is -1.78. The molecule has 2 saturated heterocycles. The number of alkyl halides is 3. The Kier molecular flexibility index (Phi) is 4.79. The maximum absolute atomic E-state index is 12.6. The highest BCUT2D eigenvalue weighted by Gasteiger charge is 2.45. The summed E-state index contributed by atoms with van der Waals surface area (Å²) in [7, 11) is 0. The largest absolute Gasteiger partial charge is 0.472 e. The number of piperidine rings is 2. The van der Waals surface area contributed by atoms with Crippen molar-refractivity contribution in [1.29, 1.82) is 0 Å². The SMILES string of the molecule is CC(C)(C)OC(=O)N1CC2CC[C@@H]1C(Oc1ccc(C(F)(F)F)cn1)C2. The maximum atomic E-state index is 12.6. The molecule has 144 valence electrons. The monoisotopic (exact) mass is 372 g/mol. The van der Waals surface area contributed by atoms with E-state index < -0.39 is 17.3 Å². The minimum Gasteiger partial charge on any atom is -0.472 e. The zero-order chi connectivity index (χ0) is 19.1. The number of ether oxygens (including phenoxy) is 2. The molecule has 1 saturated carbocycles. The molecule has 3 fully saturated rings. The second-order valence-electron chi connectivity index (χ2n) is 7.92. The van der Waals surface area contributed by atoms with Gasteiger partial charge >= 0.3 is 12.3 Å². The van der Waals surface area contributed by atoms with Gasteiger partial charge in [0.2, 0.25) is 5.88 Å². The molecule has 1 amide bonds. The molecule has 1 aromatic rings. The lowest BCUT2D eigenvalue weighted by Gasteiger charge is -2.49. The molecule has 4 rings (SSSR count). The first kappa shape index (κ1) is 18.8. The van der Waals surface area contributed by atoms with Gasteiger partial charge in [-0.2, -0.15) is 13.2 Å². The van der Waals surface area contributed by atoms with Gasteiger partial charge in [0.25, 0.3) is 0 Å². The van der Waals surface area contributed by atoms with E-state index in [0.29, 0.717) is 12.5 Å². The molecule has 0 aromatic carbocycles. The Labute approximate surface area is 150 Å². The van der Waals surface area contributed by atoms with Crippen molar-refractivity contribution in [3.8, 4) is 5.88 Å². The van der Waals surface area contributed by atoms with Crippen LogP contribution in [0.3, 0.4) is 0 Å². The Morgan fingerprint density at radius 2 is 1.96 bits per heavy atom. The van der Waals surface area contributed by atoms with Gasteiger partial charge < -0.3 is 14.4 Å². The number of carbonyl (C=O) groups is 1. The summed E-state index contributed by atoms with van der Waals surface area (Å²) in [5.41, 5.74) is -1.40. The van der Waals surface area contributed by atoms with Crippen molar-refractivity contribution in [1.82, 2.24) is 9.88 Å². The first-order chi connectivity index (χ1) is 12.0. The van der Waals surface area contributed by atoms with E-state index in [-0.39, 0.29) is 24.1 Å². The van der Waals surface area contributed by atoms with Crippen LogP contribution in [0.4, 0.5) is 18.0 Å². The summed E-state index contributed by atoms with van der Waals surface area (Å²) in [6, 6.07) is 2.02. The standard InChI is InChI=1S/C18H23F3N2O3/c1-17(2,3)26-16(24)23-10-11-4-6-13(23)14(8-11)25-15-7-5-12(9-22-15)18(19,20)21/h5,7,9,11,13-14H,4,6,8,10H2,1-3H3/t11?,13-,14?/m1/s1. The minimum absolute atomic E-state index is 0.139. The third-order valence-electron chi connectivity index (χ3n) is 4.68. The average molecular weight is 372 g/mol. The third-order valence-corrected chi connectivity index (χ3v) is 4.68. The highest BCUT2D eigenvalue weighted by Crippen LogP contribution is 2.38. The van der Waals surface area contributed by atoms with E-state index in [1.54, 1.807) is 4.90 Å². The van der Waals surface area contributed by atoms with Crippen molar-refractivity contribution in [2.75, 3.05) is 6.54 Å². The number of carbonyl (C=O) groups excluding carboxylic acids is 1. The van der Waals surface area contributed by atoms with Gasteiger partial charge in [-0.3, -0.25) is 0 Å². The normalized spacial score (nSPS) is 25.9. The Morgan fingerprint density at radius 3 is 2.50 bits per heavy atom. The van der Waals surface area contributed by atoms with Crippen molar-refractivity contribution in [3.63, 3.8) is 0 Å². The van der Waals surface area contributed by atoms with Gasteiger partial charge in [-0.05, 0) is 52.0 Å². The van der Waals surface area contributed by atoms with Crippen LogP contribution in [0.25, 0.3) is 0 Å². The molecule has 1 aromatic heterocycles. The highest BCUT2D eigenvalue weighted by molar-refractivity contribution is 5.69. The average Bonchev–Trinajstić information content (AvgIpc) is 2.53. The predicted octanol–water partition coefficient (Wildman–Crippen LogP) is 4.27. The number of pyridine rings is 1. The zero-order valence-electron chi connectivity index (χ0n) is 15.0. The quantitative estimate of drug-likeness (QED) is 0.778. The molecule has 8 heteroatoms. The van der Waals surface area contributed by atoms with E-state index in [2.05, 4.69) is 4.98 Å². The Morgan fingerprint density at radius 1 is 1.23 bits per heavy atom. The van der Waals surface area contributed by atoms with Crippen LogP contribution < -0.4 is 4.74 Å². The maximum Gasteiger partial charge on any atom is 0.417 e. The van der Waals surface area contributed by atoms with Crippen LogP contribution in [-0.4, -0.2) is 40.3 Å². The van der Waals surface area contributed by atoms with E-state index in [4.69, 9.17) is 9.47 Å². The van der Waals surface area contributed by atoms with E-state index >= 15 is 0 Å². The van der Waals surface area contributed by atoms with Crippen LogP contribution in [0.5, 0.6) is 5.88 Å². The molecule has 3 aliphatic rings. The summed E-state index contributed by atoms with van der Waals surface area (Å²) in [4.78, 5) is 17.9. The van der Waals surface area contributed by atoms with Crippen molar-refractivity contribution < 1.29 is 27.4 Å². The minimum atomic E-state index is -4.43. The molecule has 3 atom stereocenters. The molecule has 2 bridgehead atoms. The van der Waals surface area contributed by atoms with Gasteiger partial charge in [0.1, 0.15) is 11.7 Å². The van der Waals surface area contributed by atoms with E-state index in [1.807, 2.05) is 20.8 Å². The fourth-order valence-electron chi connectivity index (χ4n) is 3.56. The van der Waals surface area contributed by atoms with Gasteiger partial charge in [-0.1, -0.05) is 0 Å². The highest BCUT2D eigenvalue weighted by atomic mass is 19.4. The molecule has 26 heavy (non-hydrogen) atoms. The first-order valence-electron chi connectivity index (χ1n) is 8.72. The summed E-state index contributed by atoms with van der Waals surface area (Å²) in [6.45, 7) is 6.06. The lowest BCUT2D eigenvalue weighted by Crippen LogP contribution is -2.60. The van der Waals surface area contributed by atoms with Crippen LogP contribution >= 0.6 is 0 Å². The Balaban J connectivity index is 1.70. The number of hydrogen-bond acceptors (Lipinski definition) is 4. The molecule has 1 aliphatic carbocycles. The molecule has 5 nitrogen and oxygen atoms in total. The Hall–Kier alpha value is -1.99. The van der Waals surface area contributed by atoms with Gasteiger partial charge in [0.05, 0.1) is 11.6 Å². The number of nitrogens with zero attached hydrogens (tertiary/aromatic N) is 2. The van der Waals surface area contributed by atoms with Crippen LogP contribution in [0, 0.1) is 5.92 Å². The van der Waals surface area contributed by atoms with Crippen molar-refractivity contribution in [3.05, 3.63) is 23.9 Å². The molecular formula is C18H23F3N2O3. The number of amides is 1. The second kappa shape index (κ2) is 6.63.